The van der Waals surface area contributed by atoms with Gasteiger partial charge in [0.15, 0.2) is 0 Å². The van der Waals surface area contributed by atoms with Crippen molar-refractivity contribution in [1.82, 2.24) is 0 Å². The van der Waals surface area contributed by atoms with Gasteiger partial charge in [-0.25, -0.2) is 0 Å². The third kappa shape index (κ3) is 8.87. The summed E-state index contributed by atoms with van der Waals surface area (Å²) in [6, 6.07) is 11.0. The number of methoxy groups -OCH3 is 6. The lowest BCUT2D eigenvalue weighted by molar-refractivity contribution is 0.398. The van der Waals surface area contributed by atoms with E-state index in [2.05, 4.69) is 15.9 Å². The van der Waals surface area contributed by atoms with Crippen LogP contribution in [0.25, 0.3) is 0 Å². The van der Waals surface area contributed by atoms with E-state index < -0.39 is 0 Å². The minimum atomic E-state index is 0.485. The van der Waals surface area contributed by atoms with Gasteiger partial charge < -0.3 is 28.4 Å². The van der Waals surface area contributed by atoms with Crippen molar-refractivity contribution in [2.24, 2.45) is 0 Å². The van der Waals surface area contributed by atoms with E-state index in [1.165, 1.54) is 14.2 Å². The molecule has 36 heavy (non-hydrogen) atoms. The predicted molar refractivity (Wildman–Crippen MR) is 151 cm³/mol. The minimum absolute atomic E-state index is 0.485. The van der Waals surface area contributed by atoms with Crippen molar-refractivity contribution in [3.63, 3.8) is 0 Å². The SMILES string of the molecule is COc1cc(Br)c(OC)cc1C.COc1cc(C)c(OC)cc1C.COc1cc(Cl)c(OC)cc1Cl. The maximum Gasteiger partial charge on any atom is 0.139 e. The number of aryl methyl sites for hydroxylation is 3. The minimum Gasteiger partial charge on any atom is -0.496 e. The molecule has 0 amide bonds. The van der Waals surface area contributed by atoms with E-state index in [-0.39, 0.29) is 0 Å². The number of hydrogen-bond acceptors (Lipinski definition) is 6. The molecule has 6 nitrogen and oxygen atoms in total. The van der Waals surface area contributed by atoms with E-state index in [0.717, 1.165) is 44.2 Å². The van der Waals surface area contributed by atoms with E-state index in [0.29, 0.717) is 21.5 Å². The fourth-order valence-corrected chi connectivity index (χ4v) is 3.99. The Morgan fingerprint density at radius 1 is 0.444 bits per heavy atom. The van der Waals surface area contributed by atoms with Gasteiger partial charge in [0.05, 0.1) is 57.2 Å². The molecule has 0 spiro atoms. The Morgan fingerprint density at radius 3 is 1.03 bits per heavy atom. The first-order valence-electron chi connectivity index (χ1n) is 10.7. The van der Waals surface area contributed by atoms with Crippen LogP contribution in [0.2, 0.25) is 10.0 Å². The Kier molecular flexibility index (Phi) is 13.7. The van der Waals surface area contributed by atoms with Crippen LogP contribution in [-0.2, 0) is 0 Å². The summed E-state index contributed by atoms with van der Waals surface area (Å²) in [6.07, 6.45) is 0. The second kappa shape index (κ2) is 15.6. The molecule has 3 aromatic carbocycles. The Bertz CT molecular complexity index is 907. The number of halogens is 3. The van der Waals surface area contributed by atoms with Crippen LogP contribution in [0.1, 0.15) is 16.7 Å². The van der Waals surface area contributed by atoms with Crippen molar-refractivity contribution in [1.29, 1.82) is 0 Å². The lowest BCUT2D eigenvalue weighted by atomic mass is 10.1. The highest BCUT2D eigenvalue weighted by molar-refractivity contribution is 9.10. The summed E-state index contributed by atoms with van der Waals surface area (Å²) in [5.41, 5.74) is 3.26. The summed E-state index contributed by atoms with van der Waals surface area (Å²) in [5, 5.41) is 0.970. The summed E-state index contributed by atoms with van der Waals surface area (Å²) in [4.78, 5) is 0. The van der Waals surface area contributed by atoms with E-state index in [1.807, 2.05) is 45.0 Å². The molecule has 0 bridgehead atoms. The van der Waals surface area contributed by atoms with Gasteiger partial charge in [-0.1, -0.05) is 23.2 Å². The summed E-state index contributed by atoms with van der Waals surface area (Å²) >= 11 is 15.0. The molecular weight excluding hydrogens is 571 g/mol. The van der Waals surface area contributed by atoms with Gasteiger partial charge in [0.2, 0.25) is 0 Å². The first-order valence-corrected chi connectivity index (χ1v) is 12.3. The lowest BCUT2D eigenvalue weighted by Gasteiger charge is -2.09. The molecule has 0 aliphatic rings. The van der Waals surface area contributed by atoms with Gasteiger partial charge in [-0.2, -0.15) is 0 Å². The molecule has 3 aromatic rings. The van der Waals surface area contributed by atoms with Crippen LogP contribution in [0.4, 0.5) is 0 Å². The second-order valence-electron chi connectivity index (χ2n) is 7.37. The molecule has 3 rings (SSSR count). The van der Waals surface area contributed by atoms with Gasteiger partial charge >= 0.3 is 0 Å². The van der Waals surface area contributed by atoms with Gasteiger partial charge in [-0.05, 0) is 77.7 Å². The zero-order valence-corrected chi connectivity index (χ0v) is 25.1. The van der Waals surface area contributed by atoms with Gasteiger partial charge in [0.1, 0.15) is 34.5 Å². The van der Waals surface area contributed by atoms with Crippen LogP contribution in [0.3, 0.4) is 0 Å². The fraction of sp³-hybridized carbons (Fsp3) is 0.333. The van der Waals surface area contributed by atoms with Gasteiger partial charge in [-0.3, -0.25) is 0 Å². The summed E-state index contributed by atoms with van der Waals surface area (Å²) in [6.45, 7) is 5.98. The average Bonchev–Trinajstić information content (AvgIpc) is 2.87. The third-order valence-corrected chi connectivity index (χ3v) is 6.22. The predicted octanol–water partition coefficient (Wildman–Crippen LogP) is 8.11. The number of hydrogen-bond donors (Lipinski definition) is 0. The summed E-state index contributed by atoms with van der Waals surface area (Å²) in [5.74, 6) is 4.60. The molecule has 0 fully saturated rings. The Hall–Kier alpha value is -2.48. The smallest absolute Gasteiger partial charge is 0.139 e. The second-order valence-corrected chi connectivity index (χ2v) is 9.04. The third-order valence-electron chi connectivity index (χ3n) is 5.01. The van der Waals surface area contributed by atoms with E-state index >= 15 is 0 Å². The highest BCUT2D eigenvalue weighted by atomic mass is 79.9. The maximum atomic E-state index is 5.82. The number of ether oxygens (including phenoxy) is 6. The van der Waals surface area contributed by atoms with Gasteiger partial charge in [0.25, 0.3) is 0 Å². The Balaban J connectivity index is 0.000000270. The van der Waals surface area contributed by atoms with Crippen molar-refractivity contribution in [2.45, 2.75) is 20.8 Å². The van der Waals surface area contributed by atoms with Crippen LogP contribution in [0.5, 0.6) is 34.5 Å². The Labute approximate surface area is 232 Å². The number of benzene rings is 3. The molecule has 0 aromatic heterocycles. The van der Waals surface area contributed by atoms with Gasteiger partial charge in [0, 0.05) is 12.1 Å². The largest absolute Gasteiger partial charge is 0.496 e. The van der Waals surface area contributed by atoms with E-state index in [9.17, 15) is 0 Å². The van der Waals surface area contributed by atoms with Crippen LogP contribution in [0, 0.1) is 20.8 Å². The van der Waals surface area contributed by atoms with Crippen LogP contribution in [0.15, 0.2) is 40.9 Å². The Morgan fingerprint density at radius 2 is 0.722 bits per heavy atom. The first kappa shape index (κ1) is 31.5. The molecule has 0 N–H and O–H groups in total. The van der Waals surface area contributed by atoms with Crippen LogP contribution >= 0.6 is 39.1 Å². The van der Waals surface area contributed by atoms with Crippen molar-refractivity contribution in [2.75, 3.05) is 42.7 Å². The molecule has 0 heterocycles. The lowest BCUT2D eigenvalue weighted by Crippen LogP contribution is -1.92. The molecule has 0 aliphatic heterocycles. The monoisotopic (exact) mass is 602 g/mol. The molecule has 0 saturated heterocycles. The van der Waals surface area contributed by atoms with Crippen molar-refractivity contribution in [3.8, 4) is 34.5 Å². The fourth-order valence-electron chi connectivity index (χ4n) is 3.04. The molecule has 0 atom stereocenters. The molecular formula is C27H33BrCl2O6. The zero-order chi connectivity index (χ0) is 27.4. The number of rotatable bonds is 6. The van der Waals surface area contributed by atoms with Crippen LogP contribution < -0.4 is 28.4 Å². The highest BCUT2D eigenvalue weighted by Crippen LogP contribution is 2.35. The topological polar surface area (TPSA) is 55.4 Å². The van der Waals surface area contributed by atoms with Crippen molar-refractivity contribution >= 4 is 39.1 Å². The van der Waals surface area contributed by atoms with E-state index in [4.69, 9.17) is 51.6 Å². The molecule has 0 radical (unpaired) electrons. The molecule has 198 valence electrons. The standard InChI is InChI=1S/C10H14O2.C9H11BrO2.C8H8Cl2O2/c1-7-5-10(12-4)8(2)6-9(7)11-3;1-6-4-9(12-3)7(10)5-8(6)11-2;1-11-7-3-6(10)8(12-2)4-5(7)9/h5-6H,1-4H3;4-5H,1-3H3;3-4H,1-2H3. The quantitative estimate of drug-likeness (QED) is 0.284. The van der Waals surface area contributed by atoms with Crippen LogP contribution in [-0.4, -0.2) is 42.7 Å². The van der Waals surface area contributed by atoms with Crippen molar-refractivity contribution in [3.05, 3.63) is 67.6 Å². The van der Waals surface area contributed by atoms with E-state index in [1.54, 1.807) is 40.6 Å². The summed E-state index contributed by atoms with van der Waals surface area (Å²) < 4.78 is 31.4. The highest BCUT2D eigenvalue weighted by Gasteiger charge is 2.07. The average molecular weight is 604 g/mol. The maximum absolute atomic E-state index is 5.82. The van der Waals surface area contributed by atoms with Crippen molar-refractivity contribution < 1.29 is 28.4 Å². The molecule has 0 aliphatic carbocycles. The summed E-state index contributed by atoms with van der Waals surface area (Å²) in [7, 11) is 9.71. The zero-order valence-electron chi connectivity index (χ0n) is 22.0. The molecule has 9 heteroatoms. The molecule has 0 unspecified atom stereocenters. The van der Waals surface area contributed by atoms with Gasteiger partial charge in [-0.15, -0.1) is 0 Å². The molecule has 0 saturated carbocycles. The normalized spacial score (nSPS) is 9.67. The first-order chi connectivity index (χ1) is 17.1.